The van der Waals surface area contributed by atoms with Crippen molar-refractivity contribution < 1.29 is 14.3 Å². The van der Waals surface area contributed by atoms with Crippen LogP contribution in [0, 0.1) is 0 Å². The lowest BCUT2D eigenvalue weighted by Crippen LogP contribution is -2.49. The quantitative estimate of drug-likeness (QED) is 0.598. The molecule has 4 rings (SSSR count). The smallest absolute Gasteiger partial charge is 0.270 e. The molecule has 1 saturated heterocycles. The molecular formula is C25H27N3O4. The maximum Gasteiger partial charge on any atom is 0.270 e. The SMILES string of the molecule is COc1ccc(N2CCN(C(=O)c3cc(=O)c(OCc4ccccc4)cn3C)CC2)cc1. The van der Waals surface area contributed by atoms with Crippen molar-refractivity contribution in [1.29, 1.82) is 0 Å². The van der Waals surface area contributed by atoms with Crippen molar-refractivity contribution in [3.63, 3.8) is 0 Å². The zero-order valence-corrected chi connectivity index (χ0v) is 18.4. The van der Waals surface area contributed by atoms with Gasteiger partial charge < -0.3 is 23.8 Å². The number of pyridine rings is 1. The Morgan fingerprint density at radius 1 is 0.969 bits per heavy atom. The number of aromatic nitrogens is 1. The predicted molar refractivity (Wildman–Crippen MR) is 124 cm³/mol. The molecule has 32 heavy (non-hydrogen) atoms. The monoisotopic (exact) mass is 433 g/mol. The van der Waals surface area contributed by atoms with Crippen molar-refractivity contribution in [1.82, 2.24) is 9.47 Å². The van der Waals surface area contributed by atoms with Crippen molar-refractivity contribution in [2.24, 2.45) is 7.05 Å². The van der Waals surface area contributed by atoms with Gasteiger partial charge >= 0.3 is 0 Å². The summed E-state index contributed by atoms with van der Waals surface area (Å²) >= 11 is 0. The van der Waals surface area contributed by atoms with Crippen LogP contribution in [0.5, 0.6) is 11.5 Å². The second-order valence-corrected chi connectivity index (χ2v) is 7.75. The zero-order chi connectivity index (χ0) is 22.5. The maximum atomic E-state index is 13.1. The highest BCUT2D eigenvalue weighted by molar-refractivity contribution is 5.92. The zero-order valence-electron chi connectivity index (χ0n) is 18.4. The molecule has 0 radical (unpaired) electrons. The molecule has 1 aliphatic rings. The molecule has 3 aromatic rings. The van der Waals surface area contributed by atoms with E-state index in [-0.39, 0.29) is 17.1 Å². The van der Waals surface area contributed by atoms with Crippen LogP contribution in [0.1, 0.15) is 16.1 Å². The molecule has 7 heteroatoms. The predicted octanol–water partition coefficient (Wildman–Crippen LogP) is 2.94. The van der Waals surface area contributed by atoms with Crippen LogP contribution in [0.15, 0.2) is 71.7 Å². The van der Waals surface area contributed by atoms with Crippen LogP contribution in [0.25, 0.3) is 0 Å². The highest BCUT2D eigenvalue weighted by Crippen LogP contribution is 2.21. The lowest BCUT2D eigenvalue weighted by atomic mass is 10.2. The first-order chi connectivity index (χ1) is 15.5. The summed E-state index contributed by atoms with van der Waals surface area (Å²) in [5.41, 5.74) is 2.15. The number of ether oxygens (including phenoxy) is 2. The Hall–Kier alpha value is -3.74. The van der Waals surface area contributed by atoms with Crippen LogP contribution < -0.4 is 19.8 Å². The van der Waals surface area contributed by atoms with Crippen LogP contribution in [0.2, 0.25) is 0 Å². The minimum Gasteiger partial charge on any atom is -0.497 e. The van der Waals surface area contributed by atoms with Gasteiger partial charge in [-0.15, -0.1) is 0 Å². The van der Waals surface area contributed by atoms with Gasteiger partial charge in [0.15, 0.2) is 5.75 Å². The first-order valence-corrected chi connectivity index (χ1v) is 10.6. The van der Waals surface area contributed by atoms with E-state index in [1.807, 2.05) is 54.6 Å². The van der Waals surface area contributed by atoms with Gasteiger partial charge in [0.1, 0.15) is 18.1 Å². The topological polar surface area (TPSA) is 64.0 Å². The number of aryl methyl sites for hydroxylation is 1. The van der Waals surface area contributed by atoms with Crippen LogP contribution >= 0.6 is 0 Å². The summed E-state index contributed by atoms with van der Waals surface area (Å²) in [7, 11) is 3.41. The van der Waals surface area contributed by atoms with E-state index in [4.69, 9.17) is 9.47 Å². The van der Waals surface area contributed by atoms with Gasteiger partial charge in [0.25, 0.3) is 5.91 Å². The molecule has 2 heterocycles. The van der Waals surface area contributed by atoms with Gasteiger partial charge in [-0.05, 0) is 29.8 Å². The number of hydrogen-bond acceptors (Lipinski definition) is 5. The van der Waals surface area contributed by atoms with E-state index in [0.29, 0.717) is 25.4 Å². The van der Waals surface area contributed by atoms with E-state index < -0.39 is 0 Å². The molecule has 0 saturated carbocycles. The van der Waals surface area contributed by atoms with Crippen LogP contribution in [0.4, 0.5) is 5.69 Å². The largest absolute Gasteiger partial charge is 0.497 e. The lowest BCUT2D eigenvalue weighted by Gasteiger charge is -2.36. The molecule has 1 fully saturated rings. The number of carbonyl (C=O) groups is 1. The molecule has 1 amide bonds. The Balaban J connectivity index is 1.39. The van der Waals surface area contributed by atoms with Gasteiger partial charge in [-0.25, -0.2) is 0 Å². The number of rotatable bonds is 6. The fourth-order valence-electron chi connectivity index (χ4n) is 3.79. The number of nitrogens with zero attached hydrogens (tertiary/aromatic N) is 3. The molecule has 2 aromatic carbocycles. The third-order valence-corrected chi connectivity index (χ3v) is 5.66. The Labute approximate surface area is 187 Å². The van der Waals surface area contributed by atoms with E-state index in [0.717, 1.165) is 30.1 Å². The van der Waals surface area contributed by atoms with E-state index in [1.165, 1.54) is 6.07 Å². The number of anilines is 1. The van der Waals surface area contributed by atoms with Gasteiger partial charge in [-0.1, -0.05) is 30.3 Å². The first kappa shape index (κ1) is 21.5. The van der Waals surface area contributed by atoms with Crippen molar-refractivity contribution >= 4 is 11.6 Å². The Morgan fingerprint density at radius 2 is 1.66 bits per heavy atom. The summed E-state index contributed by atoms with van der Waals surface area (Å²) in [5, 5.41) is 0. The molecule has 1 aliphatic heterocycles. The molecular weight excluding hydrogens is 406 g/mol. The first-order valence-electron chi connectivity index (χ1n) is 10.6. The summed E-state index contributed by atoms with van der Waals surface area (Å²) < 4.78 is 12.6. The Morgan fingerprint density at radius 3 is 2.31 bits per heavy atom. The summed E-state index contributed by atoms with van der Waals surface area (Å²) in [6.07, 6.45) is 1.59. The highest BCUT2D eigenvalue weighted by atomic mass is 16.5. The number of carbonyl (C=O) groups excluding carboxylic acids is 1. The molecule has 0 unspecified atom stereocenters. The third kappa shape index (κ3) is 4.77. The molecule has 0 bridgehead atoms. The molecule has 0 N–H and O–H groups in total. The van der Waals surface area contributed by atoms with Crippen molar-refractivity contribution in [3.8, 4) is 11.5 Å². The van der Waals surface area contributed by atoms with E-state index >= 15 is 0 Å². The minimum atomic E-state index is -0.292. The minimum absolute atomic E-state index is 0.145. The van der Waals surface area contributed by atoms with Gasteiger partial charge in [0.2, 0.25) is 5.43 Å². The number of piperazine rings is 1. The summed E-state index contributed by atoms with van der Waals surface area (Å²) in [5.74, 6) is 0.908. The van der Waals surface area contributed by atoms with Crippen molar-refractivity contribution in [3.05, 3.63) is 88.3 Å². The summed E-state index contributed by atoms with van der Waals surface area (Å²) in [6, 6.07) is 18.9. The average molecular weight is 434 g/mol. The number of amides is 1. The molecule has 0 aliphatic carbocycles. The summed E-state index contributed by atoms with van der Waals surface area (Å²) in [6.45, 7) is 2.93. The second kappa shape index (κ2) is 9.60. The molecule has 166 valence electrons. The third-order valence-electron chi connectivity index (χ3n) is 5.66. The lowest BCUT2D eigenvalue weighted by molar-refractivity contribution is 0.0736. The number of hydrogen-bond donors (Lipinski definition) is 0. The van der Waals surface area contributed by atoms with Crippen LogP contribution in [-0.4, -0.2) is 48.7 Å². The Kier molecular flexibility index (Phi) is 6.44. The normalized spacial score (nSPS) is 13.7. The molecule has 1 aromatic heterocycles. The second-order valence-electron chi connectivity index (χ2n) is 7.75. The maximum absolute atomic E-state index is 13.1. The van der Waals surface area contributed by atoms with Gasteiger partial charge in [-0.3, -0.25) is 9.59 Å². The van der Waals surface area contributed by atoms with Gasteiger partial charge in [0.05, 0.1) is 13.3 Å². The fraction of sp³-hybridized carbons (Fsp3) is 0.280. The van der Waals surface area contributed by atoms with Crippen molar-refractivity contribution in [2.45, 2.75) is 6.61 Å². The molecule has 0 spiro atoms. The number of benzene rings is 2. The Bertz CT molecular complexity index is 1120. The van der Waals surface area contributed by atoms with Gasteiger partial charge in [-0.2, -0.15) is 0 Å². The van der Waals surface area contributed by atoms with E-state index in [2.05, 4.69) is 4.90 Å². The van der Waals surface area contributed by atoms with Crippen molar-refractivity contribution in [2.75, 3.05) is 38.2 Å². The van der Waals surface area contributed by atoms with Gasteiger partial charge in [0, 0.05) is 45.0 Å². The molecule has 7 nitrogen and oxygen atoms in total. The number of methoxy groups -OCH3 is 1. The fourth-order valence-corrected chi connectivity index (χ4v) is 3.79. The highest BCUT2D eigenvalue weighted by Gasteiger charge is 2.24. The van der Waals surface area contributed by atoms with E-state index in [9.17, 15) is 9.59 Å². The standard InChI is InChI=1S/C25H27N3O4/c1-26-17-24(32-18-19-6-4-3-5-7-19)23(29)16-22(26)25(30)28-14-12-27(13-15-28)20-8-10-21(31-2)11-9-20/h3-11,16-17H,12-15,18H2,1-2H3. The average Bonchev–Trinajstić information content (AvgIpc) is 2.84. The summed E-state index contributed by atoms with van der Waals surface area (Å²) in [4.78, 5) is 29.7. The van der Waals surface area contributed by atoms with E-state index in [1.54, 1.807) is 29.8 Å². The van der Waals surface area contributed by atoms with Crippen LogP contribution in [0.3, 0.4) is 0 Å². The van der Waals surface area contributed by atoms with Crippen LogP contribution in [-0.2, 0) is 13.7 Å². The molecule has 0 atom stereocenters.